The summed E-state index contributed by atoms with van der Waals surface area (Å²) < 4.78 is 2.24. The average molecular weight is 321 g/mol. The van der Waals surface area contributed by atoms with Crippen LogP contribution in [0.2, 0.25) is 0 Å². The lowest BCUT2D eigenvalue weighted by molar-refractivity contribution is 0.132. The average Bonchev–Trinajstić information content (AvgIpc) is 2.92. The second-order valence-electron chi connectivity index (χ2n) is 7.64. The van der Waals surface area contributed by atoms with Gasteiger partial charge in [-0.1, -0.05) is 13.8 Å². The van der Waals surface area contributed by atoms with Crippen LogP contribution in [0.15, 0.2) is 12.4 Å². The summed E-state index contributed by atoms with van der Waals surface area (Å²) in [6, 6.07) is 0.0499. The molecule has 0 spiro atoms. The zero-order chi connectivity index (χ0) is 17.0. The molecule has 23 heavy (non-hydrogen) atoms. The molecule has 0 unspecified atom stereocenters. The number of imidazole rings is 1. The van der Waals surface area contributed by atoms with Crippen LogP contribution in [0.3, 0.4) is 0 Å². The molecular formula is C17H31N5O. The van der Waals surface area contributed by atoms with Crippen molar-refractivity contribution in [2.75, 3.05) is 32.7 Å². The second kappa shape index (κ2) is 7.34. The molecule has 2 amide bonds. The van der Waals surface area contributed by atoms with E-state index in [9.17, 15) is 4.79 Å². The fourth-order valence-electron chi connectivity index (χ4n) is 2.83. The van der Waals surface area contributed by atoms with Crippen molar-refractivity contribution in [3.8, 4) is 0 Å². The van der Waals surface area contributed by atoms with Gasteiger partial charge >= 0.3 is 6.03 Å². The highest BCUT2D eigenvalue weighted by Crippen LogP contribution is 2.12. The number of aromatic nitrogens is 2. The Morgan fingerprint density at radius 2 is 1.87 bits per heavy atom. The van der Waals surface area contributed by atoms with Crippen LogP contribution in [0, 0.1) is 0 Å². The first-order chi connectivity index (χ1) is 10.8. The standard InChI is InChI=1S/C17H31N5O/c1-14(2)15-18-6-7-21(15)11-8-20-9-12-22(13-10-20)16(23)19-17(3,4)5/h6-7,14H,8-13H2,1-5H3,(H,19,23). The van der Waals surface area contributed by atoms with E-state index in [4.69, 9.17) is 0 Å². The van der Waals surface area contributed by atoms with Gasteiger partial charge < -0.3 is 14.8 Å². The Bertz CT molecular complexity index is 509. The van der Waals surface area contributed by atoms with E-state index in [2.05, 4.69) is 39.8 Å². The molecule has 1 aromatic rings. The minimum Gasteiger partial charge on any atom is -0.333 e. The van der Waals surface area contributed by atoms with Gasteiger partial charge in [-0.3, -0.25) is 4.90 Å². The third kappa shape index (κ3) is 5.23. The monoisotopic (exact) mass is 321 g/mol. The Kier molecular flexibility index (Phi) is 5.68. The van der Waals surface area contributed by atoms with Crippen LogP contribution in [-0.2, 0) is 6.54 Å². The molecule has 1 N–H and O–H groups in total. The maximum atomic E-state index is 12.2. The SMILES string of the molecule is CC(C)c1nccn1CCN1CCN(C(=O)NC(C)(C)C)CC1. The number of urea groups is 1. The molecular weight excluding hydrogens is 290 g/mol. The maximum Gasteiger partial charge on any atom is 0.317 e. The third-order valence-electron chi connectivity index (χ3n) is 4.06. The minimum absolute atomic E-state index is 0.0499. The summed E-state index contributed by atoms with van der Waals surface area (Å²) in [4.78, 5) is 20.9. The summed E-state index contributed by atoms with van der Waals surface area (Å²) >= 11 is 0. The summed E-state index contributed by atoms with van der Waals surface area (Å²) in [6.07, 6.45) is 3.94. The normalized spacial score (nSPS) is 16.9. The van der Waals surface area contributed by atoms with Crippen molar-refractivity contribution in [1.29, 1.82) is 0 Å². The lowest BCUT2D eigenvalue weighted by Gasteiger charge is -2.36. The Hall–Kier alpha value is -1.56. The van der Waals surface area contributed by atoms with E-state index in [0.29, 0.717) is 5.92 Å². The molecule has 6 heteroatoms. The van der Waals surface area contributed by atoms with Crippen LogP contribution in [0.1, 0.15) is 46.4 Å². The van der Waals surface area contributed by atoms with E-state index in [1.165, 1.54) is 0 Å². The predicted molar refractivity (Wildman–Crippen MR) is 92.6 cm³/mol. The van der Waals surface area contributed by atoms with Crippen molar-refractivity contribution >= 4 is 6.03 Å². The Labute approximate surface area is 139 Å². The number of carbonyl (C=O) groups is 1. The van der Waals surface area contributed by atoms with E-state index in [1.807, 2.05) is 31.9 Å². The smallest absolute Gasteiger partial charge is 0.317 e. The van der Waals surface area contributed by atoms with Gasteiger partial charge in [-0.05, 0) is 20.8 Å². The zero-order valence-corrected chi connectivity index (χ0v) is 15.2. The summed E-state index contributed by atoms with van der Waals surface area (Å²) in [5.41, 5.74) is -0.178. The predicted octanol–water partition coefficient (Wildman–Crippen LogP) is 2.13. The van der Waals surface area contributed by atoms with Crippen molar-refractivity contribution in [2.45, 2.75) is 52.6 Å². The van der Waals surface area contributed by atoms with Crippen LogP contribution in [-0.4, -0.2) is 63.6 Å². The van der Waals surface area contributed by atoms with Gasteiger partial charge in [-0.15, -0.1) is 0 Å². The zero-order valence-electron chi connectivity index (χ0n) is 15.2. The Balaban J connectivity index is 1.77. The molecule has 6 nitrogen and oxygen atoms in total. The number of piperazine rings is 1. The number of carbonyl (C=O) groups excluding carboxylic acids is 1. The number of rotatable bonds is 4. The van der Waals surface area contributed by atoms with Gasteiger partial charge in [-0.25, -0.2) is 9.78 Å². The third-order valence-corrected chi connectivity index (χ3v) is 4.06. The molecule has 0 atom stereocenters. The van der Waals surface area contributed by atoms with E-state index in [-0.39, 0.29) is 11.6 Å². The number of nitrogens with zero attached hydrogens (tertiary/aromatic N) is 4. The molecule has 1 aliphatic heterocycles. The molecule has 0 aromatic carbocycles. The number of amides is 2. The largest absolute Gasteiger partial charge is 0.333 e. The number of hydrogen-bond donors (Lipinski definition) is 1. The first kappa shape index (κ1) is 17.8. The molecule has 1 saturated heterocycles. The van der Waals surface area contributed by atoms with Crippen LogP contribution in [0.4, 0.5) is 4.79 Å². The summed E-state index contributed by atoms with van der Waals surface area (Å²) in [7, 11) is 0. The van der Waals surface area contributed by atoms with Crippen molar-refractivity contribution in [2.24, 2.45) is 0 Å². The van der Waals surface area contributed by atoms with Gasteiger partial charge in [-0.2, -0.15) is 0 Å². The van der Waals surface area contributed by atoms with Gasteiger partial charge in [0, 0.05) is 63.1 Å². The molecule has 0 saturated carbocycles. The lowest BCUT2D eigenvalue weighted by Crippen LogP contribution is -2.55. The summed E-state index contributed by atoms with van der Waals surface area (Å²) in [6.45, 7) is 15.8. The van der Waals surface area contributed by atoms with E-state index < -0.39 is 0 Å². The van der Waals surface area contributed by atoms with Crippen molar-refractivity contribution in [3.05, 3.63) is 18.2 Å². The molecule has 1 fully saturated rings. The highest BCUT2D eigenvalue weighted by Gasteiger charge is 2.23. The lowest BCUT2D eigenvalue weighted by atomic mass is 10.1. The van der Waals surface area contributed by atoms with Crippen molar-refractivity contribution < 1.29 is 4.79 Å². The fraction of sp³-hybridized carbons (Fsp3) is 0.765. The van der Waals surface area contributed by atoms with Crippen LogP contribution in [0.5, 0.6) is 0 Å². The quantitative estimate of drug-likeness (QED) is 0.924. The minimum atomic E-state index is -0.178. The molecule has 1 aromatic heterocycles. The van der Waals surface area contributed by atoms with Gasteiger partial charge in [0.1, 0.15) is 5.82 Å². The van der Waals surface area contributed by atoms with Crippen LogP contribution in [0.25, 0.3) is 0 Å². The highest BCUT2D eigenvalue weighted by atomic mass is 16.2. The first-order valence-electron chi connectivity index (χ1n) is 8.57. The Morgan fingerprint density at radius 1 is 1.22 bits per heavy atom. The van der Waals surface area contributed by atoms with E-state index >= 15 is 0 Å². The molecule has 130 valence electrons. The van der Waals surface area contributed by atoms with Crippen molar-refractivity contribution in [3.63, 3.8) is 0 Å². The summed E-state index contributed by atoms with van der Waals surface area (Å²) in [5.74, 6) is 1.59. The molecule has 2 rings (SSSR count). The van der Waals surface area contributed by atoms with Crippen LogP contribution >= 0.6 is 0 Å². The fourth-order valence-corrected chi connectivity index (χ4v) is 2.83. The topological polar surface area (TPSA) is 53.4 Å². The van der Waals surface area contributed by atoms with E-state index in [0.717, 1.165) is 45.1 Å². The van der Waals surface area contributed by atoms with E-state index in [1.54, 1.807) is 0 Å². The highest BCUT2D eigenvalue weighted by molar-refractivity contribution is 5.75. The van der Waals surface area contributed by atoms with Gasteiger partial charge in [0.15, 0.2) is 0 Å². The maximum absolute atomic E-state index is 12.2. The van der Waals surface area contributed by atoms with Gasteiger partial charge in [0.2, 0.25) is 0 Å². The number of hydrogen-bond acceptors (Lipinski definition) is 3. The number of nitrogens with one attached hydrogen (secondary N) is 1. The van der Waals surface area contributed by atoms with Crippen molar-refractivity contribution in [1.82, 2.24) is 24.7 Å². The summed E-state index contributed by atoms with van der Waals surface area (Å²) in [5, 5.41) is 3.03. The molecule has 2 heterocycles. The Morgan fingerprint density at radius 3 is 2.43 bits per heavy atom. The van der Waals surface area contributed by atoms with Crippen LogP contribution < -0.4 is 5.32 Å². The first-order valence-corrected chi connectivity index (χ1v) is 8.57. The molecule has 1 aliphatic rings. The second-order valence-corrected chi connectivity index (χ2v) is 7.64. The molecule has 0 bridgehead atoms. The van der Waals surface area contributed by atoms with Gasteiger partial charge in [0.25, 0.3) is 0 Å². The molecule has 0 aliphatic carbocycles. The molecule has 0 radical (unpaired) electrons. The van der Waals surface area contributed by atoms with Gasteiger partial charge in [0.05, 0.1) is 0 Å².